The third kappa shape index (κ3) is 4.52. The number of carbonyl (C=O) groups is 1. The molecule has 0 radical (unpaired) electrons. The molecule has 0 aliphatic carbocycles. The number of nitrogens with zero attached hydrogens (tertiary/aromatic N) is 2. The first kappa shape index (κ1) is 21.5. The molecule has 9 heteroatoms. The highest BCUT2D eigenvalue weighted by atomic mass is 32.2. The van der Waals surface area contributed by atoms with Gasteiger partial charge in [-0.2, -0.15) is 9.57 Å². The Bertz CT molecular complexity index is 1020. The van der Waals surface area contributed by atoms with Crippen molar-refractivity contribution in [2.45, 2.75) is 24.8 Å². The van der Waals surface area contributed by atoms with Crippen LogP contribution in [-0.4, -0.2) is 31.7 Å². The molecule has 0 saturated carbocycles. The van der Waals surface area contributed by atoms with Gasteiger partial charge in [0, 0.05) is 30.3 Å². The van der Waals surface area contributed by atoms with Crippen molar-refractivity contribution in [2.75, 3.05) is 13.1 Å². The minimum Gasteiger partial charge on any atom is -0.332 e. The van der Waals surface area contributed by atoms with Gasteiger partial charge in [-0.3, -0.25) is 4.79 Å². The third-order valence-electron chi connectivity index (χ3n) is 4.12. The zero-order chi connectivity index (χ0) is 20.9. The molecule has 1 atom stereocenters. The number of halogens is 2. The molecule has 148 valence electrons. The first-order valence-electron chi connectivity index (χ1n) is 8.50. The zero-order valence-corrected chi connectivity index (χ0v) is 16.1. The van der Waals surface area contributed by atoms with Crippen molar-refractivity contribution < 1.29 is 22.0 Å². The molecule has 0 aliphatic rings. The monoisotopic (exact) mass is 407 g/mol. The number of nitrogens with one attached hydrogen (secondary N) is 1. The van der Waals surface area contributed by atoms with Crippen molar-refractivity contribution in [3.05, 3.63) is 65.2 Å². The summed E-state index contributed by atoms with van der Waals surface area (Å²) in [7, 11) is -3.77. The van der Waals surface area contributed by atoms with Crippen molar-refractivity contribution >= 4 is 15.9 Å². The summed E-state index contributed by atoms with van der Waals surface area (Å²) in [6.07, 6.45) is 0. The fourth-order valence-electron chi connectivity index (χ4n) is 2.64. The maximum absolute atomic E-state index is 13.9. The molecule has 0 aliphatic heterocycles. The molecule has 0 saturated heterocycles. The molecule has 0 bridgehead atoms. The number of nitriles is 1. The van der Waals surface area contributed by atoms with Crippen LogP contribution in [0.2, 0.25) is 0 Å². The summed E-state index contributed by atoms with van der Waals surface area (Å²) < 4.78 is 53.4. The fourth-order valence-corrected chi connectivity index (χ4v) is 4.14. The quantitative estimate of drug-likeness (QED) is 0.764. The van der Waals surface area contributed by atoms with Crippen LogP contribution in [0.3, 0.4) is 0 Å². The van der Waals surface area contributed by atoms with Crippen LogP contribution >= 0.6 is 0 Å². The second-order valence-corrected chi connectivity index (χ2v) is 7.76. The minimum absolute atomic E-state index is 0.00370. The summed E-state index contributed by atoms with van der Waals surface area (Å²) in [6, 6.07) is 8.39. The molecule has 0 heterocycles. The smallest absolute Gasteiger partial charge is 0.252 e. The Hall–Kier alpha value is -2.83. The number of amides is 1. The Balaban J connectivity index is 2.31. The summed E-state index contributed by atoms with van der Waals surface area (Å²) >= 11 is 0. The highest BCUT2D eigenvalue weighted by molar-refractivity contribution is 7.89. The van der Waals surface area contributed by atoms with Gasteiger partial charge in [-0.1, -0.05) is 26.0 Å². The largest absolute Gasteiger partial charge is 0.332 e. The van der Waals surface area contributed by atoms with E-state index >= 15 is 0 Å². The molecule has 2 aromatic carbocycles. The lowest BCUT2D eigenvalue weighted by Gasteiger charge is -2.19. The van der Waals surface area contributed by atoms with Gasteiger partial charge in [-0.25, -0.2) is 17.2 Å². The van der Waals surface area contributed by atoms with Crippen molar-refractivity contribution in [3.63, 3.8) is 0 Å². The SMILES string of the molecule is CCN(CC)S(=O)(=O)c1cccc(C(=O)NC(C#N)c2ccc(F)cc2F)c1. The van der Waals surface area contributed by atoms with Gasteiger partial charge in [-0.05, 0) is 24.3 Å². The van der Waals surface area contributed by atoms with Gasteiger partial charge in [-0.15, -0.1) is 0 Å². The van der Waals surface area contributed by atoms with Crippen LogP contribution in [-0.2, 0) is 10.0 Å². The lowest BCUT2D eigenvalue weighted by atomic mass is 10.1. The van der Waals surface area contributed by atoms with Crippen LogP contribution in [0.25, 0.3) is 0 Å². The number of sulfonamides is 1. The molecule has 1 N–H and O–H groups in total. The molecule has 2 aromatic rings. The highest BCUT2D eigenvalue weighted by Crippen LogP contribution is 2.20. The maximum atomic E-state index is 13.9. The second kappa shape index (κ2) is 8.91. The van der Waals surface area contributed by atoms with E-state index in [9.17, 15) is 27.3 Å². The van der Waals surface area contributed by atoms with E-state index in [2.05, 4.69) is 5.32 Å². The van der Waals surface area contributed by atoms with E-state index in [4.69, 9.17) is 0 Å². The molecule has 1 unspecified atom stereocenters. The van der Waals surface area contributed by atoms with Gasteiger partial charge in [0.15, 0.2) is 0 Å². The molecular weight excluding hydrogens is 388 g/mol. The molecule has 0 fully saturated rings. The number of rotatable bonds is 7. The van der Waals surface area contributed by atoms with E-state index in [-0.39, 0.29) is 29.1 Å². The lowest BCUT2D eigenvalue weighted by molar-refractivity contribution is 0.0944. The first-order valence-corrected chi connectivity index (χ1v) is 9.94. The van der Waals surface area contributed by atoms with E-state index in [0.717, 1.165) is 12.1 Å². The normalized spacial score (nSPS) is 12.4. The highest BCUT2D eigenvalue weighted by Gasteiger charge is 2.24. The molecule has 28 heavy (non-hydrogen) atoms. The van der Waals surface area contributed by atoms with Crippen LogP contribution < -0.4 is 5.32 Å². The predicted molar refractivity (Wildman–Crippen MR) is 98.7 cm³/mol. The second-order valence-electron chi connectivity index (χ2n) is 5.82. The minimum atomic E-state index is -3.77. The zero-order valence-electron chi connectivity index (χ0n) is 15.3. The number of hydrogen-bond donors (Lipinski definition) is 1. The van der Waals surface area contributed by atoms with E-state index in [0.29, 0.717) is 6.07 Å². The van der Waals surface area contributed by atoms with E-state index in [1.54, 1.807) is 19.9 Å². The summed E-state index contributed by atoms with van der Waals surface area (Å²) in [6.45, 7) is 3.95. The Kier molecular flexibility index (Phi) is 6.83. The Morgan fingerprint density at radius 1 is 1.18 bits per heavy atom. The average Bonchev–Trinajstić information content (AvgIpc) is 2.67. The molecule has 6 nitrogen and oxygen atoms in total. The van der Waals surface area contributed by atoms with Crippen molar-refractivity contribution in [3.8, 4) is 6.07 Å². The topological polar surface area (TPSA) is 90.3 Å². The Morgan fingerprint density at radius 3 is 2.43 bits per heavy atom. The van der Waals surface area contributed by atoms with E-state index in [1.165, 1.54) is 28.6 Å². The average molecular weight is 407 g/mol. The van der Waals surface area contributed by atoms with Crippen LogP contribution in [0.5, 0.6) is 0 Å². The van der Waals surface area contributed by atoms with E-state index < -0.39 is 33.6 Å². The van der Waals surface area contributed by atoms with Gasteiger partial charge in [0.25, 0.3) is 5.91 Å². The van der Waals surface area contributed by atoms with Crippen molar-refractivity contribution in [1.29, 1.82) is 5.26 Å². The molecular formula is C19H19F2N3O3S. The molecule has 2 rings (SSSR count). The van der Waals surface area contributed by atoms with Gasteiger partial charge in [0.2, 0.25) is 10.0 Å². The fraction of sp³-hybridized carbons (Fsp3) is 0.263. The Labute approximate surface area is 162 Å². The first-order chi connectivity index (χ1) is 13.2. The van der Waals surface area contributed by atoms with Crippen LogP contribution in [0.15, 0.2) is 47.4 Å². The van der Waals surface area contributed by atoms with E-state index in [1.807, 2.05) is 0 Å². The van der Waals surface area contributed by atoms with Gasteiger partial charge in [0.1, 0.15) is 17.7 Å². The van der Waals surface area contributed by atoms with Crippen molar-refractivity contribution in [1.82, 2.24) is 9.62 Å². The summed E-state index contributed by atoms with van der Waals surface area (Å²) in [5.74, 6) is -2.53. The molecule has 0 aromatic heterocycles. The number of carbonyl (C=O) groups excluding carboxylic acids is 1. The standard InChI is InChI=1S/C19H19F2N3O3S/c1-3-24(4-2)28(26,27)15-7-5-6-13(10-15)19(25)23-18(12-22)16-9-8-14(20)11-17(16)21/h5-11,18H,3-4H2,1-2H3,(H,23,25). The maximum Gasteiger partial charge on any atom is 0.252 e. The van der Waals surface area contributed by atoms with Crippen LogP contribution in [0.4, 0.5) is 8.78 Å². The third-order valence-corrected chi connectivity index (χ3v) is 6.16. The predicted octanol–water partition coefficient (Wildman–Crippen LogP) is 2.99. The van der Waals surface area contributed by atoms with Gasteiger partial charge in [0.05, 0.1) is 11.0 Å². The molecule has 1 amide bonds. The summed E-state index contributed by atoms with van der Waals surface area (Å²) in [4.78, 5) is 12.4. The number of hydrogen-bond acceptors (Lipinski definition) is 4. The summed E-state index contributed by atoms with van der Waals surface area (Å²) in [5, 5.41) is 11.6. The molecule has 0 spiro atoms. The Morgan fingerprint density at radius 2 is 1.86 bits per heavy atom. The van der Waals surface area contributed by atoms with Gasteiger partial charge < -0.3 is 5.32 Å². The lowest BCUT2D eigenvalue weighted by Crippen LogP contribution is -2.31. The van der Waals surface area contributed by atoms with Crippen LogP contribution in [0.1, 0.15) is 35.8 Å². The van der Waals surface area contributed by atoms with Crippen molar-refractivity contribution in [2.24, 2.45) is 0 Å². The number of benzene rings is 2. The van der Waals surface area contributed by atoms with Gasteiger partial charge >= 0.3 is 0 Å². The van der Waals surface area contributed by atoms with Crippen LogP contribution in [0, 0.1) is 23.0 Å². The summed E-state index contributed by atoms with van der Waals surface area (Å²) in [5.41, 5.74) is -0.194.